The molecule has 0 spiro atoms. The predicted octanol–water partition coefficient (Wildman–Crippen LogP) is 7.72. The van der Waals surface area contributed by atoms with Crippen molar-refractivity contribution in [2.75, 3.05) is 39.3 Å². The van der Waals surface area contributed by atoms with Crippen LogP contribution in [0.3, 0.4) is 0 Å². The molecule has 1 aliphatic rings. The minimum atomic E-state index is 0.0501. The van der Waals surface area contributed by atoms with E-state index in [1.165, 1.54) is 16.7 Å². The summed E-state index contributed by atoms with van der Waals surface area (Å²) in [5.41, 5.74) is 5.59. The number of carbonyl (C=O) groups is 1. The van der Waals surface area contributed by atoms with Crippen LogP contribution in [0.2, 0.25) is 0 Å². The van der Waals surface area contributed by atoms with Crippen LogP contribution in [0.1, 0.15) is 57.0 Å². The number of benzene rings is 4. The van der Waals surface area contributed by atoms with Crippen molar-refractivity contribution in [2.24, 2.45) is 0 Å². The summed E-state index contributed by atoms with van der Waals surface area (Å²) in [5, 5.41) is 2.91. The molecule has 47 heavy (non-hydrogen) atoms. The SMILES string of the molecule is CCN1CCN(C(=O)c2csc(CN(CCC(c3ccccc3)c3ccccc3)Cc3ccc(OCc4ccccc4)cc3)n2)CC1. The van der Waals surface area contributed by atoms with Crippen molar-refractivity contribution in [1.29, 1.82) is 0 Å². The van der Waals surface area contributed by atoms with Gasteiger partial charge in [0.25, 0.3) is 5.91 Å². The lowest BCUT2D eigenvalue weighted by atomic mass is 9.88. The lowest BCUT2D eigenvalue weighted by Gasteiger charge is -2.33. The average Bonchev–Trinajstić information content (AvgIpc) is 3.61. The summed E-state index contributed by atoms with van der Waals surface area (Å²) in [7, 11) is 0. The Hall–Kier alpha value is -4.30. The van der Waals surface area contributed by atoms with E-state index in [1.54, 1.807) is 11.3 Å². The van der Waals surface area contributed by atoms with Gasteiger partial charge in [-0.3, -0.25) is 9.69 Å². The number of aromatic nitrogens is 1. The van der Waals surface area contributed by atoms with Gasteiger partial charge in [0, 0.05) is 44.0 Å². The zero-order valence-corrected chi connectivity index (χ0v) is 28.0. The zero-order valence-electron chi connectivity index (χ0n) is 27.2. The Morgan fingerprint density at radius 3 is 2.02 bits per heavy atom. The predicted molar refractivity (Wildman–Crippen MR) is 191 cm³/mol. The van der Waals surface area contributed by atoms with Crippen LogP contribution in [0.25, 0.3) is 0 Å². The Morgan fingerprint density at radius 2 is 1.40 bits per heavy atom. The van der Waals surface area contributed by atoms with Crippen molar-refractivity contribution in [2.45, 2.75) is 39.0 Å². The first-order valence-corrected chi connectivity index (χ1v) is 17.6. The largest absolute Gasteiger partial charge is 0.489 e. The van der Waals surface area contributed by atoms with Crippen LogP contribution in [-0.4, -0.2) is 64.9 Å². The van der Waals surface area contributed by atoms with Gasteiger partial charge < -0.3 is 14.5 Å². The van der Waals surface area contributed by atoms with Crippen LogP contribution in [0.5, 0.6) is 5.75 Å². The van der Waals surface area contributed by atoms with Crippen molar-refractivity contribution in [3.05, 3.63) is 154 Å². The number of amides is 1. The van der Waals surface area contributed by atoms with E-state index in [1.807, 2.05) is 28.5 Å². The molecule has 0 bridgehead atoms. The molecule has 7 heteroatoms. The minimum Gasteiger partial charge on any atom is -0.489 e. The molecule has 1 saturated heterocycles. The number of carbonyl (C=O) groups excluding carboxylic acids is 1. The van der Waals surface area contributed by atoms with Crippen molar-refractivity contribution in [3.8, 4) is 5.75 Å². The Labute approximate surface area is 283 Å². The number of piperazine rings is 1. The molecule has 242 valence electrons. The molecule has 1 aliphatic heterocycles. The molecule has 0 saturated carbocycles. The third-order valence-corrected chi connectivity index (χ3v) is 9.79. The van der Waals surface area contributed by atoms with Crippen LogP contribution < -0.4 is 4.74 Å². The molecule has 5 aromatic rings. The fraction of sp³-hybridized carbons (Fsp3) is 0.300. The monoisotopic (exact) mass is 644 g/mol. The van der Waals surface area contributed by atoms with Gasteiger partial charge in [-0.2, -0.15) is 0 Å². The van der Waals surface area contributed by atoms with Gasteiger partial charge in [-0.05, 0) is 53.9 Å². The van der Waals surface area contributed by atoms with Gasteiger partial charge in [0.15, 0.2) is 0 Å². The third-order valence-electron chi connectivity index (χ3n) is 8.95. The zero-order chi connectivity index (χ0) is 32.3. The summed E-state index contributed by atoms with van der Waals surface area (Å²) in [6.45, 7) is 9.45. The Bertz CT molecular complexity index is 1610. The lowest BCUT2D eigenvalue weighted by Crippen LogP contribution is -2.48. The third kappa shape index (κ3) is 9.16. The Balaban J connectivity index is 1.16. The van der Waals surface area contributed by atoms with Gasteiger partial charge in [-0.25, -0.2) is 4.98 Å². The van der Waals surface area contributed by atoms with Crippen LogP contribution in [-0.2, 0) is 19.7 Å². The molecule has 6 rings (SSSR count). The number of nitrogens with zero attached hydrogens (tertiary/aromatic N) is 4. The number of ether oxygens (including phenoxy) is 1. The maximum atomic E-state index is 13.3. The van der Waals surface area contributed by atoms with Crippen LogP contribution in [0, 0.1) is 0 Å². The minimum absolute atomic E-state index is 0.0501. The van der Waals surface area contributed by atoms with Crippen LogP contribution in [0.15, 0.2) is 121 Å². The molecule has 2 heterocycles. The summed E-state index contributed by atoms with van der Waals surface area (Å²) in [4.78, 5) is 25.0. The van der Waals surface area contributed by atoms with Gasteiger partial charge in [0.05, 0.1) is 6.54 Å². The van der Waals surface area contributed by atoms with E-state index in [0.717, 1.165) is 68.6 Å². The van der Waals surface area contributed by atoms with E-state index in [4.69, 9.17) is 9.72 Å². The maximum absolute atomic E-state index is 13.3. The van der Waals surface area contributed by atoms with Crippen molar-refractivity contribution < 1.29 is 9.53 Å². The summed E-state index contributed by atoms with van der Waals surface area (Å²) >= 11 is 1.59. The number of rotatable bonds is 14. The molecule has 6 nitrogen and oxygen atoms in total. The normalized spacial score (nSPS) is 13.7. The second-order valence-corrected chi connectivity index (χ2v) is 13.1. The number of thiazole rings is 1. The van der Waals surface area contributed by atoms with Gasteiger partial charge in [-0.1, -0.05) is 110 Å². The second-order valence-electron chi connectivity index (χ2n) is 12.1. The highest BCUT2D eigenvalue weighted by Crippen LogP contribution is 2.29. The molecule has 0 radical (unpaired) electrons. The molecular formula is C40H44N4O2S. The first-order valence-electron chi connectivity index (χ1n) is 16.7. The molecule has 0 N–H and O–H groups in total. The Morgan fingerprint density at radius 1 is 0.787 bits per heavy atom. The summed E-state index contributed by atoms with van der Waals surface area (Å²) in [6.07, 6.45) is 0.963. The van der Waals surface area contributed by atoms with E-state index < -0.39 is 0 Å². The van der Waals surface area contributed by atoms with Crippen molar-refractivity contribution in [3.63, 3.8) is 0 Å². The molecular weight excluding hydrogens is 601 g/mol. The van der Waals surface area contributed by atoms with E-state index in [9.17, 15) is 4.79 Å². The summed E-state index contributed by atoms with van der Waals surface area (Å²) < 4.78 is 6.05. The van der Waals surface area contributed by atoms with Gasteiger partial charge in [0.1, 0.15) is 23.1 Å². The summed E-state index contributed by atoms with van der Waals surface area (Å²) in [6, 6.07) is 40.3. The highest BCUT2D eigenvalue weighted by Gasteiger charge is 2.24. The van der Waals surface area contributed by atoms with E-state index in [0.29, 0.717) is 18.8 Å². The average molecular weight is 645 g/mol. The first kappa shape index (κ1) is 32.6. The van der Waals surface area contributed by atoms with E-state index >= 15 is 0 Å². The highest BCUT2D eigenvalue weighted by atomic mass is 32.1. The fourth-order valence-corrected chi connectivity index (χ4v) is 7.02. The van der Waals surface area contributed by atoms with Crippen molar-refractivity contribution in [1.82, 2.24) is 19.7 Å². The highest BCUT2D eigenvalue weighted by molar-refractivity contribution is 7.09. The molecule has 0 unspecified atom stereocenters. The Kier molecular flexibility index (Phi) is 11.5. The summed E-state index contributed by atoms with van der Waals surface area (Å²) in [5.74, 6) is 1.19. The van der Waals surface area contributed by atoms with Crippen LogP contribution >= 0.6 is 11.3 Å². The quantitative estimate of drug-likeness (QED) is 0.124. The standard InChI is InChI=1S/C40H44N4O2S/c1-2-42-24-26-44(27-25-42)40(45)38-31-47-39(41-38)29-43(23-22-37(34-14-8-4-9-15-34)35-16-10-5-11-17-35)28-32-18-20-36(21-19-32)46-30-33-12-6-3-7-13-33/h3-21,31,37H,2,22-30H2,1H3. The van der Waals surface area contributed by atoms with Gasteiger partial charge in [0.2, 0.25) is 0 Å². The van der Waals surface area contributed by atoms with Gasteiger partial charge >= 0.3 is 0 Å². The molecule has 1 amide bonds. The maximum Gasteiger partial charge on any atom is 0.273 e. The molecule has 0 atom stereocenters. The molecule has 0 aliphatic carbocycles. The van der Waals surface area contributed by atoms with Crippen molar-refractivity contribution >= 4 is 17.2 Å². The molecule has 1 aromatic heterocycles. The lowest BCUT2D eigenvalue weighted by molar-refractivity contribution is 0.0638. The number of hydrogen-bond acceptors (Lipinski definition) is 6. The van der Waals surface area contributed by atoms with E-state index in [-0.39, 0.29) is 11.8 Å². The molecule has 1 fully saturated rings. The first-order chi connectivity index (χ1) is 23.1. The smallest absolute Gasteiger partial charge is 0.273 e. The second kappa shape index (κ2) is 16.5. The number of hydrogen-bond donors (Lipinski definition) is 0. The van der Waals surface area contributed by atoms with E-state index in [2.05, 4.69) is 114 Å². The fourth-order valence-electron chi connectivity index (χ4n) is 6.21. The van der Waals surface area contributed by atoms with Gasteiger partial charge in [-0.15, -0.1) is 11.3 Å². The number of likely N-dealkylation sites (N-methyl/N-ethyl adjacent to an activating group) is 1. The molecule has 4 aromatic carbocycles. The van der Waals surface area contributed by atoms with Crippen LogP contribution in [0.4, 0.5) is 0 Å². The topological polar surface area (TPSA) is 48.9 Å².